The summed E-state index contributed by atoms with van der Waals surface area (Å²) in [5.41, 5.74) is 6.39. The molecule has 0 radical (unpaired) electrons. The lowest BCUT2D eigenvalue weighted by Crippen LogP contribution is -2.49. The highest BCUT2D eigenvalue weighted by molar-refractivity contribution is 5.90. The van der Waals surface area contributed by atoms with Crippen molar-refractivity contribution < 1.29 is 19.0 Å². The highest BCUT2D eigenvalue weighted by atomic mass is 16.5. The molecule has 1 amide bonds. The van der Waals surface area contributed by atoms with Crippen molar-refractivity contribution in [2.75, 3.05) is 21.3 Å². The Morgan fingerprint density at radius 1 is 0.974 bits per heavy atom. The summed E-state index contributed by atoms with van der Waals surface area (Å²) in [4.78, 5) is 17.4. The topological polar surface area (TPSA) is 89.5 Å². The molecule has 3 N–H and O–H groups in total. The summed E-state index contributed by atoms with van der Waals surface area (Å²) in [6, 6.07) is 19.6. The SMILES string of the molecule is COc1cc(OC)c(CNC(=O)[C@H]2Cc3c([nH]c4ccccc34)[C@H](c3cn(C)c4ccccc34)N2)c(OC)c1. The molecule has 0 aliphatic carbocycles. The lowest BCUT2D eigenvalue weighted by atomic mass is 9.90. The van der Waals surface area contributed by atoms with E-state index in [0.29, 0.717) is 23.7 Å². The molecule has 1 aliphatic rings. The van der Waals surface area contributed by atoms with Gasteiger partial charge in [-0.2, -0.15) is 0 Å². The predicted octanol–water partition coefficient (Wildman–Crippen LogP) is 4.61. The van der Waals surface area contributed by atoms with Gasteiger partial charge in [0.05, 0.1) is 45.5 Å². The monoisotopic (exact) mass is 524 g/mol. The number of aromatic amines is 1. The first kappa shape index (κ1) is 24.9. The van der Waals surface area contributed by atoms with Gasteiger partial charge in [-0.1, -0.05) is 36.4 Å². The summed E-state index contributed by atoms with van der Waals surface area (Å²) in [6.45, 7) is 0.257. The second-order valence-electron chi connectivity index (χ2n) is 9.86. The lowest BCUT2D eigenvalue weighted by Gasteiger charge is -2.31. The number of nitrogens with zero attached hydrogens (tertiary/aromatic N) is 1. The summed E-state index contributed by atoms with van der Waals surface area (Å²) in [5, 5.41) is 9.10. The van der Waals surface area contributed by atoms with Crippen LogP contribution in [-0.2, 0) is 24.8 Å². The first-order valence-corrected chi connectivity index (χ1v) is 13.0. The zero-order chi connectivity index (χ0) is 27.1. The number of fused-ring (bicyclic) bond motifs is 4. The normalized spacial score (nSPS) is 16.7. The number of aryl methyl sites for hydroxylation is 1. The van der Waals surface area contributed by atoms with Crippen molar-refractivity contribution in [2.45, 2.75) is 25.0 Å². The van der Waals surface area contributed by atoms with Crippen LogP contribution >= 0.6 is 0 Å². The van der Waals surface area contributed by atoms with Crippen molar-refractivity contribution in [3.8, 4) is 17.2 Å². The standard InChI is InChI=1S/C31H32N4O4/c1-35-17-23(20-10-6-8-12-26(20)35)30-29-21(19-9-5-7-11-24(19)33-29)15-25(34-30)31(36)32-16-22-27(38-3)13-18(37-2)14-28(22)39-4/h5-14,17,25,30,33-34H,15-16H2,1-4H3,(H,32,36)/t25-,30+/m1/s1. The summed E-state index contributed by atoms with van der Waals surface area (Å²) in [7, 11) is 6.83. The maximum Gasteiger partial charge on any atom is 0.237 e. The summed E-state index contributed by atoms with van der Waals surface area (Å²) in [5.74, 6) is 1.72. The van der Waals surface area contributed by atoms with Crippen LogP contribution in [0.15, 0.2) is 66.9 Å². The van der Waals surface area contributed by atoms with Gasteiger partial charge >= 0.3 is 0 Å². The minimum Gasteiger partial charge on any atom is -0.496 e. The Labute approximate surface area is 226 Å². The molecule has 0 bridgehead atoms. The highest BCUT2D eigenvalue weighted by Crippen LogP contribution is 2.38. The minimum absolute atomic E-state index is 0.0870. The van der Waals surface area contributed by atoms with Crippen LogP contribution in [-0.4, -0.2) is 42.8 Å². The second kappa shape index (κ2) is 10.0. The quantitative estimate of drug-likeness (QED) is 0.290. The van der Waals surface area contributed by atoms with Crippen molar-refractivity contribution in [2.24, 2.45) is 7.05 Å². The number of methoxy groups -OCH3 is 3. The molecule has 0 spiro atoms. The molecule has 1 aliphatic heterocycles. The van der Waals surface area contributed by atoms with Crippen LogP contribution in [0.2, 0.25) is 0 Å². The molecule has 200 valence electrons. The average Bonchev–Trinajstić information content (AvgIpc) is 3.52. The van der Waals surface area contributed by atoms with E-state index >= 15 is 0 Å². The van der Waals surface area contributed by atoms with E-state index < -0.39 is 6.04 Å². The number of rotatable bonds is 7. The fourth-order valence-electron chi connectivity index (χ4n) is 5.80. The van der Waals surface area contributed by atoms with Gasteiger partial charge < -0.3 is 29.1 Å². The van der Waals surface area contributed by atoms with E-state index in [0.717, 1.165) is 38.6 Å². The number of hydrogen-bond acceptors (Lipinski definition) is 5. The summed E-state index contributed by atoms with van der Waals surface area (Å²) >= 11 is 0. The smallest absolute Gasteiger partial charge is 0.237 e. The number of hydrogen-bond donors (Lipinski definition) is 3. The average molecular weight is 525 g/mol. The number of carbonyl (C=O) groups is 1. The van der Waals surface area contributed by atoms with Gasteiger partial charge in [-0.05, 0) is 24.1 Å². The van der Waals surface area contributed by atoms with Gasteiger partial charge in [0.2, 0.25) is 5.91 Å². The Bertz CT molecular complexity index is 1660. The molecule has 3 aromatic carbocycles. The number of benzene rings is 3. The van der Waals surface area contributed by atoms with Gasteiger partial charge in [-0.25, -0.2) is 0 Å². The zero-order valence-corrected chi connectivity index (χ0v) is 22.5. The third-order valence-electron chi connectivity index (χ3n) is 7.72. The number of para-hydroxylation sites is 2. The fourth-order valence-corrected chi connectivity index (χ4v) is 5.80. The molecule has 0 saturated carbocycles. The fraction of sp³-hybridized carbons (Fsp3) is 0.258. The first-order chi connectivity index (χ1) is 19.0. The van der Waals surface area contributed by atoms with Crippen LogP contribution in [0.3, 0.4) is 0 Å². The molecule has 5 aromatic rings. The van der Waals surface area contributed by atoms with Gasteiger partial charge in [0.25, 0.3) is 0 Å². The highest BCUT2D eigenvalue weighted by Gasteiger charge is 2.35. The van der Waals surface area contributed by atoms with E-state index in [1.807, 2.05) is 18.2 Å². The molecule has 8 heteroatoms. The summed E-state index contributed by atoms with van der Waals surface area (Å²) in [6.07, 6.45) is 2.73. The summed E-state index contributed by atoms with van der Waals surface area (Å²) < 4.78 is 18.7. The number of carbonyl (C=O) groups excluding carboxylic acids is 1. The van der Waals surface area contributed by atoms with E-state index in [4.69, 9.17) is 14.2 Å². The van der Waals surface area contributed by atoms with Crippen molar-refractivity contribution in [3.63, 3.8) is 0 Å². The molecule has 6 rings (SSSR count). The van der Waals surface area contributed by atoms with Gasteiger partial charge in [-0.15, -0.1) is 0 Å². The van der Waals surface area contributed by atoms with Crippen molar-refractivity contribution >= 4 is 27.7 Å². The Morgan fingerprint density at radius 3 is 2.38 bits per heavy atom. The second-order valence-corrected chi connectivity index (χ2v) is 9.86. The van der Waals surface area contributed by atoms with E-state index in [1.54, 1.807) is 33.5 Å². The molecule has 0 fully saturated rings. The molecular weight excluding hydrogens is 492 g/mol. The Morgan fingerprint density at radius 2 is 1.67 bits per heavy atom. The number of nitrogens with one attached hydrogen (secondary N) is 3. The molecule has 39 heavy (non-hydrogen) atoms. The van der Waals surface area contributed by atoms with Crippen LogP contribution in [0.25, 0.3) is 21.8 Å². The van der Waals surface area contributed by atoms with Gasteiger partial charge in [-0.3, -0.25) is 10.1 Å². The molecule has 0 saturated heterocycles. The van der Waals surface area contributed by atoms with Gasteiger partial charge in [0.15, 0.2) is 0 Å². The third-order valence-corrected chi connectivity index (χ3v) is 7.72. The lowest BCUT2D eigenvalue weighted by molar-refractivity contribution is -0.123. The third kappa shape index (κ3) is 4.27. The Kier molecular flexibility index (Phi) is 6.40. The van der Waals surface area contributed by atoms with E-state index in [9.17, 15) is 4.79 Å². The maximum atomic E-state index is 13.7. The van der Waals surface area contributed by atoms with Crippen molar-refractivity contribution in [1.29, 1.82) is 0 Å². The van der Waals surface area contributed by atoms with Crippen LogP contribution < -0.4 is 24.8 Å². The van der Waals surface area contributed by atoms with Gasteiger partial charge in [0.1, 0.15) is 17.2 Å². The van der Waals surface area contributed by atoms with Crippen molar-refractivity contribution in [3.05, 3.63) is 89.2 Å². The Hall–Kier alpha value is -4.43. The van der Waals surface area contributed by atoms with Crippen LogP contribution in [0.5, 0.6) is 17.2 Å². The number of amides is 1. The van der Waals surface area contributed by atoms with Gasteiger partial charge in [0, 0.05) is 58.4 Å². The molecular formula is C31H32N4O4. The van der Waals surface area contributed by atoms with Crippen molar-refractivity contribution in [1.82, 2.24) is 20.2 Å². The first-order valence-electron chi connectivity index (χ1n) is 13.0. The Balaban J connectivity index is 1.35. The number of H-pyrrole nitrogens is 1. The largest absolute Gasteiger partial charge is 0.496 e. The molecule has 2 atom stereocenters. The number of ether oxygens (including phenoxy) is 3. The van der Waals surface area contributed by atoms with Crippen LogP contribution in [0.1, 0.15) is 28.4 Å². The zero-order valence-electron chi connectivity index (χ0n) is 22.5. The van der Waals surface area contributed by atoms with E-state index in [2.05, 4.69) is 63.8 Å². The van der Waals surface area contributed by atoms with E-state index in [-0.39, 0.29) is 18.5 Å². The maximum absolute atomic E-state index is 13.7. The molecule has 2 aromatic heterocycles. The molecule has 3 heterocycles. The predicted molar refractivity (Wildman–Crippen MR) is 152 cm³/mol. The molecule has 0 unspecified atom stereocenters. The van der Waals surface area contributed by atoms with E-state index in [1.165, 1.54) is 5.56 Å². The van der Waals surface area contributed by atoms with Crippen LogP contribution in [0.4, 0.5) is 0 Å². The molecule has 8 nitrogen and oxygen atoms in total. The minimum atomic E-state index is -0.434. The van der Waals surface area contributed by atoms with Crippen LogP contribution in [0, 0.1) is 0 Å². The number of aromatic nitrogens is 2.